The molecule has 0 spiro atoms. The molecular formula is C10H9NO5. The molecule has 0 bridgehead atoms. The van der Waals surface area contributed by atoms with Crippen LogP contribution in [0.5, 0.6) is 0 Å². The van der Waals surface area contributed by atoms with Gasteiger partial charge in [-0.1, -0.05) is 0 Å². The molecule has 2 rings (SSSR count). The number of carbonyl (C=O) groups is 2. The minimum Gasteiger partial charge on any atom is -0.467 e. The number of cyclic esters (lactones) is 1. The maximum absolute atomic E-state index is 11.4. The number of esters is 2. The molecule has 0 saturated heterocycles. The van der Waals surface area contributed by atoms with Crippen LogP contribution in [0.2, 0.25) is 0 Å². The van der Waals surface area contributed by atoms with Crippen molar-refractivity contribution in [3.8, 4) is 0 Å². The third-order valence-electron chi connectivity index (χ3n) is 2.29. The van der Waals surface area contributed by atoms with Gasteiger partial charge in [0.15, 0.2) is 12.2 Å². The predicted molar refractivity (Wildman–Crippen MR) is 50.4 cm³/mol. The van der Waals surface area contributed by atoms with Crippen molar-refractivity contribution < 1.29 is 24.2 Å². The lowest BCUT2D eigenvalue weighted by molar-refractivity contribution is -0.156. The number of nitrogens with zero attached hydrogens (tertiary/aromatic N) is 1. The van der Waals surface area contributed by atoms with E-state index in [0.717, 1.165) is 7.11 Å². The van der Waals surface area contributed by atoms with Crippen molar-refractivity contribution in [2.45, 2.75) is 12.2 Å². The Labute approximate surface area is 90.8 Å². The lowest BCUT2D eigenvalue weighted by Gasteiger charge is -2.14. The SMILES string of the molecule is COC(=O)[C@@H](O)[C@H]1OC(=O)c2cccnc21. The quantitative estimate of drug-likeness (QED) is 0.700. The summed E-state index contributed by atoms with van der Waals surface area (Å²) in [7, 11) is 1.14. The zero-order chi connectivity index (χ0) is 11.7. The van der Waals surface area contributed by atoms with Crippen LogP contribution in [0.4, 0.5) is 0 Å². The highest BCUT2D eigenvalue weighted by Crippen LogP contribution is 2.31. The third-order valence-corrected chi connectivity index (χ3v) is 2.29. The van der Waals surface area contributed by atoms with Gasteiger partial charge in [0.25, 0.3) is 0 Å². The molecule has 0 unspecified atom stereocenters. The van der Waals surface area contributed by atoms with Crippen LogP contribution in [0.1, 0.15) is 22.2 Å². The van der Waals surface area contributed by atoms with Gasteiger partial charge < -0.3 is 14.6 Å². The summed E-state index contributed by atoms with van der Waals surface area (Å²) in [5, 5.41) is 9.59. The molecule has 0 radical (unpaired) electrons. The summed E-state index contributed by atoms with van der Waals surface area (Å²) >= 11 is 0. The minimum absolute atomic E-state index is 0.255. The van der Waals surface area contributed by atoms with Crippen molar-refractivity contribution in [1.29, 1.82) is 0 Å². The van der Waals surface area contributed by atoms with Crippen LogP contribution in [-0.4, -0.2) is 35.2 Å². The second-order valence-electron chi connectivity index (χ2n) is 3.23. The molecule has 84 valence electrons. The van der Waals surface area contributed by atoms with Crippen molar-refractivity contribution in [3.63, 3.8) is 0 Å². The van der Waals surface area contributed by atoms with Crippen molar-refractivity contribution in [2.75, 3.05) is 7.11 Å². The van der Waals surface area contributed by atoms with E-state index in [0.29, 0.717) is 0 Å². The van der Waals surface area contributed by atoms with Crippen molar-refractivity contribution in [3.05, 3.63) is 29.6 Å². The van der Waals surface area contributed by atoms with Crippen molar-refractivity contribution in [2.24, 2.45) is 0 Å². The molecule has 0 fully saturated rings. The number of rotatable bonds is 2. The molecule has 0 aromatic carbocycles. The zero-order valence-electron chi connectivity index (χ0n) is 8.41. The number of carbonyl (C=O) groups excluding carboxylic acids is 2. The monoisotopic (exact) mass is 223 g/mol. The Morgan fingerprint density at radius 2 is 2.44 bits per heavy atom. The van der Waals surface area contributed by atoms with E-state index in [1.807, 2.05) is 0 Å². The van der Waals surface area contributed by atoms with Gasteiger partial charge in [-0.25, -0.2) is 9.59 Å². The van der Waals surface area contributed by atoms with Crippen molar-refractivity contribution in [1.82, 2.24) is 4.98 Å². The molecule has 6 heteroatoms. The van der Waals surface area contributed by atoms with E-state index in [1.165, 1.54) is 12.3 Å². The lowest BCUT2D eigenvalue weighted by Crippen LogP contribution is -2.29. The Balaban J connectivity index is 2.34. The van der Waals surface area contributed by atoms with Crippen LogP contribution >= 0.6 is 0 Å². The predicted octanol–water partition coefficient (Wildman–Crippen LogP) is -0.173. The van der Waals surface area contributed by atoms with Crippen LogP contribution in [0.15, 0.2) is 18.3 Å². The first-order valence-corrected chi connectivity index (χ1v) is 4.57. The van der Waals surface area contributed by atoms with Gasteiger partial charge in [-0.2, -0.15) is 0 Å². The summed E-state index contributed by atoms with van der Waals surface area (Å²) in [6.45, 7) is 0. The highest BCUT2D eigenvalue weighted by atomic mass is 16.6. The lowest BCUT2D eigenvalue weighted by atomic mass is 10.1. The number of aliphatic hydroxyl groups is 1. The number of hydrogen-bond donors (Lipinski definition) is 1. The van der Waals surface area contributed by atoms with Gasteiger partial charge in [0, 0.05) is 6.20 Å². The van der Waals surface area contributed by atoms with Crippen LogP contribution < -0.4 is 0 Å². The molecule has 0 amide bonds. The molecule has 1 aromatic heterocycles. The summed E-state index contributed by atoms with van der Waals surface area (Å²) in [5.41, 5.74) is 0.515. The number of pyridine rings is 1. The average molecular weight is 223 g/mol. The summed E-state index contributed by atoms with van der Waals surface area (Å²) in [5.74, 6) is -1.47. The standard InChI is InChI=1S/C10H9NO5/c1-15-10(14)7(12)8-6-5(9(13)16-8)3-2-4-11-6/h2-4,7-8,12H,1H3/t7-,8-/m0/s1. The average Bonchev–Trinajstić information content (AvgIpc) is 2.65. The first kappa shape index (κ1) is 10.6. The zero-order valence-corrected chi connectivity index (χ0v) is 8.41. The van der Waals surface area contributed by atoms with Crippen LogP contribution in [0.3, 0.4) is 0 Å². The second kappa shape index (κ2) is 3.90. The Bertz CT molecular complexity index is 445. The van der Waals surface area contributed by atoms with E-state index in [1.54, 1.807) is 6.07 Å². The van der Waals surface area contributed by atoms with E-state index in [9.17, 15) is 14.7 Å². The molecule has 2 heterocycles. The fourth-order valence-electron chi connectivity index (χ4n) is 1.51. The highest BCUT2D eigenvalue weighted by Gasteiger charge is 2.40. The molecule has 16 heavy (non-hydrogen) atoms. The fourth-order valence-corrected chi connectivity index (χ4v) is 1.51. The number of fused-ring (bicyclic) bond motifs is 1. The highest BCUT2D eigenvalue weighted by molar-refractivity contribution is 5.94. The molecule has 1 aliphatic rings. The Morgan fingerprint density at radius 1 is 1.69 bits per heavy atom. The van der Waals surface area contributed by atoms with Crippen molar-refractivity contribution >= 4 is 11.9 Å². The van der Waals surface area contributed by atoms with E-state index >= 15 is 0 Å². The van der Waals surface area contributed by atoms with Gasteiger partial charge in [0.1, 0.15) is 0 Å². The molecule has 1 aromatic rings. The summed E-state index contributed by atoms with van der Waals surface area (Å²) in [4.78, 5) is 26.4. The largest absolute Gasteiger partial charge is 0.467 e. The molecule has 0 saturated carbocycles. The van der Waals surface area contributed by atoms with Gasteiger partial charge in [-0.05, 0) is 12.1 Å². The topological polar surface area (TPSA) is 85.7 Å². The van der Waals surface area contributed by atoms with E-state index in [2.05, 4.69) is 9.72 Å². The first-order valence-electron chi connectivity index (χ1n) is 4.57. The summed E-state index contributed by atoms with van der Waals surface area (Å²) < 4.78 is 9.23. The molecule has 1 N–H and O–H groups in total. The van der Waals surface area contributed by atoms with E-state index < -0.39 is 24.1 Å². The summed E-state index contributed by atoms with van der Waals surface area (Å²) in [6, 6.07) is 3.10. The van der Waals surface area contributed by atoms with Crippen LogP contribution in [-0.2, 0) is 14.3 Å². The molecule has 2 atom stereocenters. The van der Waals surface area contributed by atoms with Crippen LogP contribution in [0.25, 0.3) is 0 Å². The number of methoxy groups -OCH3 is 1. The van der Waals surface area contributed by atoms with Gasteiger partial charge in [0.05, 0.1) is 18.4 Å². The third kappa shape index (κ3) is 1.53. The summed E-state index contributed by atoms with van der Waals surface area (Å²) in [6.07, 6.45) is -1.18. The molecular weight excluding hydrogens is 214 g/mol. The molecule has 0 aliphatic carbocycles. The number of aromatic nitrogens is 1. The maximum Gasteiger partial charge on any atom is 0.340 e. The second-order valence-corrected chi connectivity index (χ2v) is 3.23. The Hall–Kier alpha value is -1.95. The Morgan fingerprint density at radius 3 is 3.12 bits per heavy atom. The molecule has 6 nitrogen and oxygen atoms in total. The normalized spacial score (nSPS) is 19.9. The van der Waals surface area contributed by atoms with E-state index in [-0.39, 0.29) is 11.3 Å². The Kier molecular flexibility index (Phi) is 2.57. The minimum atomic E-state index is -1.55. The smallest absolute Gasteiger partial charge is 0.340 e. The van der Waals surface area contributed by atoms with Gasteiger partial charge in [0.2, 0.25) is 0 Å². The van der Waals surface area contributed by atoms with Gasteiger partial charge >= 0.3 is 11.9 Å². The van der Waals surface area contributed by atoms with E-state index in [4.69, 9.17) is 4.74 Å². The number of ether oxygens (including phenoxy) is 2. The first-order chi connectivity index (χ1) is 7.65. The number of aliphatic hydroxyl groups excluding tert-OH is 1. The van der Waals surface area contributed by atoms with Gasteiger partial charge in [-0.3, -0.25) is 4.98 Å². The molecule has 1 aliphatic heterocycles. The fraction of sp³-hybridized carbons (Fsp3) is 0.300. The number of hydrogen-bond acceptors (Lipinski definition) is 6. The van der Waals surface area contributed by atoms with Crippen LogP contribution in [0, 0.1) is 0 Å². The maximum atomic E-state index is 11.4. The van der Waals surface area contributed by atoms with Gasteiger partial charge in [-0.15, -0.1) is 0 Å².